The number of carbonyl (C=O) groups excluding carboxylic acids is 1. The highest BCUT2D eigenvalue weighted by Gasteiger charge is 2.01. The van der Waals surface area contributed by atoms with Crippen LogP contribution in [0.1, 0.15) is 36.8 Å². The van der Waals surface area contributed by atoms with Crippen LogP contribution < -0.4 is 15.8 Å². The molecule has 0 radical (unpaired) electrons. The summed E-state index contributed by atoms with van der Waals surface area (Å²) < 4.78 is 5.64. The van der Waals surface area contributed by atoms with E-state index in [1.165, 1.54) is 11.1 Å². The summed E-state index contributed by atoms with van der Waals surface area (Å²) in [5, 5.41) is 2.88. The van der Waals surface area contributed by atoms with Gasteiger partial charge >= 0.3 is 0 Å². The number of halogens is 1. The molecule has 0 aromatic heterocycles. The molecule has 0 atom stereocenters. The lowest BCUT2D eigenvalue weighted by atomic mass is 10.1. The van der Waals surface area contributed by atoms with Crippen molar-refractivity contribution in [3.05, 3.63) is 29.3 Å². The van der Waals surface area contributed by atoms with Crippen LogP contribution in [0.25, 0.3) is 0 Å². The van der Waals surface area contributed by atoms with Gasteiger partial charge in [-0.2, -0.15) is 0 Å². The maximum Gasteiger partial charge on any atom is 0.220 e. The van der Waals surface area contributed by atoms with Crippen LogP contribution in [-0.2, 0) is 4.79 Å². The molecule has 0 bridgehead atoms. The number of amides is 1. The van der Waals surface area contributed by atoms with Crippen molar-refractivity contribution in [1.82, 2.24) is 5.32 Å². The van der Waals surface area contributed by atoms with E-state index in [4.69, 9.17) is 10.5 Å². The van der Waals surface area contributed by atoms with Crippen LogP contribution in [0, 0.1) is 13.8 Å². The average molecular weight is 315 g/mol. The summed E-state index contributed by atoms with van der Waals surface area (Å²) in [6, 6.07) is 6.05. The average Bonchev–Trinajstić information content (AvgIpc) is 2.43. The van der Waals surface area contributed by atoms with E-state index in [-0.39, 0.29) is 18.3 Å². The summed E-state index contributed by atoms with van der Waals surface area (Å²) >= 11 is 0. The Morgan fingerprint density at radius 2 is 1.95 bits per heavy atom. The summed E-state index contributed by atoms with van der Waals surface area (Å²) in [4.78, 5) is 11.5. The Morgan fingerprint density at radius 1 is 1.19 bits per heavy atom. The highest BCUT2D eigenvalue weighted by atomic mass is 35.5. The topological polar surface area (TPSA) is 64.3 Å². The van der Waals surface area contributed by atoms with E-state index >= 15 is 0 Å². The van der Waals surface area contributed by atoms with Crippen molar-refractivity contribution in [2.45, 2.75) is 39.5 Å². The molecule has 1 amide bonds. The zero-order valence-electron chi connectivity index (χ0n) is 13.0. The Kier molecular flexibility index (Phi) is 10.7. The fourth-order valence-electron chi connectivity index (χ4n) is 1.81. The van der Waals surface area contributed by atoms with Crippen LogP contribution in [0.3, 0.4) is 0 Å². The van der Waals surface area contributed by atoms with Crippen molar-refractivity contribution in [2.24, 2.45) is 5.73 Å². The molecule has 1 rings (SSSR count). The maximum atomic E-state index is 11.5. The Bertz CT molecular complexity index is 425. The summed E-state index contributed by atoms with van der Waals surface area (Å²) in [7, 11) is 0. The van der Waals surface area contributed by atoms with Crippen LogP contribution in [0.15, 0.2) is 18.2 Å². The Labute approximate surface area is 133 Å². The summed E-state index contributed by atoms with van der Waals surface area (Å²) in [5.41, 5.74) is 7.87. The third kappa shape index (κ3) is 8.58. The van der Waals surface area contributed by atoms with Crippen LogP contribution in [0.4, 0.5) is 0 Å². The predicted molar refractivity (Wildman–Crippen MR) is 89.2 cm³/mol. The number of rotatable bonds is 9. The minimum Gasteiger partial charge on any atom is -0.494 e. The molecule has 1 aromatic carbocycles. The molecular weight excluding hydrogens is 288 g/mol. The first-order chi connectivity index (χ1) is 9.63. The summed E-state index contributed by atoms with van der Waals surface area (Å²) in [6.07, 6.45) is 3.14. The van der Waals surface area contributed by atoms with Crippen molar-refractivity contribution in [2.75, 3.05) is 19.7 Å². The minimum absolute atomic E-state index is 0. The predicted octanol–water partition coefficient (Wildman–Crippen LogP) is 2.74. The van der Waals surface area contributed by atoms with Gasteiger partial charge in [-0.1, -0.05) is 6.07 Å². The van der Waals surface area contributed by atoms with Crippen LogP contribution in [0.5, 0.6) is 5.75 Å². The van der Waals surface area contributed by atoms with E-state index in [0.29, 0.717) is 26.1 Å². The SMILES string of the molecule is Cc1ccc(OCCCC(=O)NCCCCN)cc1C.Cl. The molecule has 0 saturated heterocycles. The molecule has 0 unspecified atom stereocenters. The molecule has 0 spiro atoms. The molecule has 0 aliphatic rings. The van der Waals surface area contributed by atoms with Gasteiger partial charge in [-0.15, -0.1) is 12.4 Å². The van der Waals surface area contributed by atoms with E-state index < -0.39 is 0 Å². The van der Waals surface area contributed by atoms with Gasteiger partial charge in [0.2, 0.25) is 5.91 Å². The lowest BCUT2D eigenvalue weighted by Crippen LogP contribution is -2.25. The number of carbonyl (C=O) groups is 1. The van der Waals surface area contributed by atoms with Crippen molar-refractivity contribution < 1.29 is 9.53 Å². The Hall–Kier alpha value is -1.26. The zero-order chi connectivity index (χ0) is 14.8. The van der Waals surface area contributed by atoms with E-state index in [9.17, 15) is 4.79 Å². The lowest BCUT2D eigenvalue weighted by Gasteiger charge is -2.08. The monoisotopic (exact) mass is 314 g/mol. The molecule has 3 N–H and O–H groups in total. The first kappa shape index (κ1) is 19.7. The molecule has 0 fully saturated rings. The van der Waals surface area contributed by atoms with Gasteiger partial charge in [-0.3, -0.25) is 4.79 Å². The van der Waals surface area contributed by atoms with Gasteiger partial charge in [0, 0.05) is 13.0 Å². The number of unbranched alkanes of at least 4 members (excludes halogenated alkanes) is 1. The normalized spacial score (nSPS) is 9.86. The number of hydrogen-bond acceptors (Lipinski definition) is 3. The van der Waals surface area contributed by atoms with Crippen LogP contribution >= 0.6 is 12.4 Å². The van der Waals surface area contributed by atoms with Crippen molar-refractivity contribution in [3.63, 3.8) is 0 Å². The van der Waals surface area contributed by atoms with Gasteiger partial charge in [-0.05, 0) is 62.9 Å². The smallest absolute Gasteiger partial charge is 0.220 e. The molecule has 1 aromatic rings. The van der Waals surface area contributed by atoms with Gasteiger partial charge in [0.1, 0.15) is 5.75 Å². The third-order valence-corrected chi connectivity index (χ3v) is 3.25. The second kappa shape index (κ2) is 11.4. The van der Waals surface area contributed by atoms with Crippen LogP contribution in [-0.4, -0.2) is 25.6 Å². The molecule has 4 nitrogen and oxygen atoms in total. The van der Waals surface area contributed by atoms with E-state index in [1.807, 2.05) is 12.1 Å². The second-order valence-electron chi connectivity index (χ2n) is 5.04. The van der Waals surface area contributed by atoms with Gasteiger partial charge in [-0.25, -0.2) is 0 Å². The number of nitrogens with two attached hydrogens (primary N) is 1. The Balaban J connectivity index is 0.00000400. The van der Waals surface area contributed by atoms with Gasteiger partial charge in [0.25, 0.3) is 0 Å². The zero-order valence-corrected chi connectivity index (χ0v) is 13.8. The second-order valence-corrected chi connectivity index (χ2v) is 5.04. The summed E-state index contributed by atoms with van der Waals surface area (Å²) in [5.74, 6) is 0.960. The van der Waals surface area contributed by atoms with E-state index in [0.717, 1.165) is 25.0 Å². The minimum atomic E-state index is 0. The third-order valence-electron chi connectivity index (χ3n) is 3.25. The molecule has 0 heterocycles. The van der Waals surface area contributed by atoms with Gasteiger partial charge in [0.15, 0.2) is 0 Å². The summed E-state index contributed by atoms with van der Waals surface area (Å²) in [6.45, 7) is 6.11. The number of hydrogen-bond donors (Lipinski definition) is 2. The molecule has 0 aliphatic carbocycles. The molecule has 5 heteroatoms. The largest absolute Gasteiger partial charge is 0.494 e. The Morgan fingerprint density at radius 3 is 2.62 bits per heavy atom. The molecule has 120 valence electrons. The van der Waals surface area contributed by atoms with E-state index in [1.54, 1.807) is 0 Å². The molecular formula is C16H27ClN2O2. The highest BCUT2D eigenvalue weighted by Crippen LogP contribution is 2.16. The quantitative estimate of drug-likeness (QED) is 0.689. The lowest BCUT2D eigenvalue weighted by molar-refractivity contribution is -0.121. The van der Waals surface area contributed by atoms with Crippen molar-refractivity contribution in [3.8, 4) is 5.75 Å². The standard InChI is InChI=1S/C16H26N2O2.ClH/c1-13-7-8-15(12-14(13)2)20-11-5-6-16(19)18-10-4-3-9-17;/h7-8,12H,3-6,9-11,17H2,1-2H3,(H,18,19);1H. The highest BCUT2D eigenvalue weighted by molar-refractivity contribution is 5.85. The molecule has 0 saturated carbocycles. The van der Waals surface area contributed by atoms with Crippen molar-refractivity contribution in [1.29, 1.82) is 0 Å². The molecule has 21 heavy (non-hydrogen) atoms. The first-order valence-corrected chi connectivity index (χ1v) is 7.30. The van der Waals surface area contributed by atoms with E-state index in [2.05, 4.69) is 25.2 Å². The van der Waals surface area contributed by atoms with Gasteiger partial charge < -0.3 is 15.8 Å². The first-order valence-electron chi connectivity index (χ1n) is 7.30. The van der Waals surface area contributed by atoms with Crippen LogP contribution in [0.2, 0.25) is 0 Å². The number of benzene rings is 1. The van der Waals surface area contributed by atoms with Crippen molar-refractivity contribution >= 4 is 18.3 Å². The number of ether oxygens (including phenoxy) is 1. The maximum absolute atomic E-state index is 11.5. The number of aryl methyl sites for hydroxylation is 2. The molecule has 0 aliphatic heterocycles. The van der Waals surface area contributed by atoms with Gasteiger partial charge in [0.05, 0.1) is 6.61 Å². The number of nitrogens with one attached hydrogen (secondary N) is 1. The fourth-order valence-corrected chi connectivity index (χ4v) is 1.81. The fraction of sp³-hybridized carbons (Fsp3) is 0.562.